The third kappa shape index (κ3) is 5.49. The molecule has 0 saturated heterocycles. The molecule has 19 heavy (non-hydrogen) atoms. The first-order valence-electron chi connectivity index (χ1n) is 7.09. The van der Waals surface area contributed by atoms with Crippen LogP contribution >= 0.6 is 0 Å². The summed E-state index contributed by atoms with van der Waals surface area (Å²) in [6.45, 7) is 6.67. The lowest BCUT2D eigenvalue weighted by atomic mass is 9.89. The summed E-state index contributed by atoms with van der Waals surface area (Å²) in [6, 6.07) is -1.18. The molecule has 2 amide bonds. The van der Waals surface area contributed by atoms with Gasteiger partial charge in [-0.3, -0.25) is 0 Å². The minimum Gasteiger partial charge on any atom is -0.480 e. The highest BCUT2D eigenvalue weighted by molar-refractivity contribution is 5.82. The van der Waals surface area contributed by atoms with Crippen LogP contribution in [-0.2, 0) is 4.79 Å². The molecule has 110 valence electrons. The topological polar surface area (TPSA) is 78.4 Å². The minimum absolute atomic E-state index is 0.175. The third-order valence-corrected chi connectivity index (χ3v) is 3.80. The van der Waals surface area contributed by atoms with E-state index < -0.39 is 12.0 Å². The molecule has 1 atom stereocenters. The van der Waals surface area contributed by atoms with E-state index in [0.29, 0.717) is 13.0 Å². The number of carbonyl (C=O) groups is 2. The van der Waals surface area contributed by atoms with Crippen molar-refractivity contribution in [3.8, 4) is 0 Å². The van der Waals surface area contributed by atoms with Crippen molar-refractivity contribution in [2.75, 3.05) is 6.54 Å². The molecule has 3 N–H and O–H groups in total. The fraction of sp³-hybridized carbons (Fsp3) is 0.857. The highest BCUT2D eigenvalue weighted by Gasteiger charge is 2.29. The number of urea groups is 1. The molecule has 0 aliphatic heterocycles. The number of hydrogen-bond acceptors (Lipinski definition) is 2. The van der Waals surface area contributed by atoms with E-state index in [1.807, 2.05) is 13.8 Å². The van der Waals surface area contributed by atoms with Gasteiger partial charge in [0.25, 0.3) is 0 Å². The van der Waals surface area contributed by atoms with E-state index in [-0.39, 0.29) is 17.4 Å². The maximum atomic E-state index is 11.8. The lowest BCUT2D eigenvalue weighted by Crippen LogP contribution is -2.48. The standard InChI is InChI=1S/C14H26N2O3/c1-10(2)8-11(12(17)18)16-13(19)15-9-14(3)6-4-5-7-14/h10-11H,4-9H2,1-3H3,(H,17,18)(H2,15,16,19)/t11-/m1/s1. The van der Waals surface area contributed by atoms with Gasteiger partial charge in [-0.1, -0.05) is 33.6 Å². The Morgan fingerprint density at radius 3 is 2.32 bits per heavy atom. The molecule has 0 radical (unpaired) electrons. The number of aliphatic carboxylic acids is 1. The van der Waals surface area contributed by atoms with Crippen molar-refractivity contribution in [2.45, 2.75) is 58.9 Å². The Morgan fingerprint density at radius 1 is 1.26 bits per heavy atom. The molecule has 5 heteroatoms. The van der Waals surface area contributed by atoms with Crippen molar-refractivity contribution in [2.24, 2.45) is 11.3 Å². The molecule has 0 unspecified atom stereocenters. The Bertz CT molecular complexity index is 323. The number of carboxylic acids is 1. The summed E-state index contributed by atoms with van der Waals surface area (Å²) in [6.07, 6.45) is 5.12. The number of nitrogens with one attached hydrogen (secondary N) is 2. The van der Waals surface area contributed by atoms with Crippen LogP contribution in [0.2, 0.25) is 0 Å². The molecule has 1 rings (SSSR count). The second-order valence-corrected chi connectivity index (χ2v) is 6.37. The first-order valence-corrected chi connectivity index (χ1v) is 7.09. The van der Waals surface area contributed by atoms with Gasteiger partial charge >= 0.3 is 12.0 Å². The van der Waals surface area contributed by atoms with Crippen LogP contribution in [0.4, 0.5) is 4.79 Å². The SMILES string of the molecule is CC(C)C[C@@H](NC(=O)NCC1(C)CCCC1)C(=O)O. The summed E-state index contributed by atoms with van der Waals surface area (Å²) in [4.78, 5) is 22.8. The lowest BCUT2D eigenvalue weighted by Gasteiger charge is -2.24. The predicted molar refractivity (Wildman–Crippen MR) is 74.0 cm³/mol. The fourth-order valence-corrected chi connectivity index (χ4v) is 2.60. The Labute approximate surface area is 115 Å². The smallest absolute Gasteiger partial charge is 0.326 e. The first kappa shape index (κ1) is 15.8. The van der Waals surface area contributed by atoms with Gasteiger partial charge in [-0.15, -0.1) is 0 Å². The molecule has 0 heterocycles. The minimum atomic E-state index is -0.976. The second-order valence-electron chi connectivity index (χ2n) is 6.37. The van der Waals surface area contributed by atoms with Gasteiger partial charge in [0.05, 0.1) is 0 Å². The van der Waals surface area contributed by atoms with Gasteiger partial charge in [0, 0.05) is 6.54 Å². The quantitative estimate of drug-likeness (QED) is 0.693. The van der Waals surface area contributed by atoms with Crippen LogP contribution in [0.5, 0.6) is 0 Å². The number of carbonyl (C=O) groups excluding carboxylic acids is 1. The summed E-state index contributed by atoms with van der Waals surface area (Å²) < 4.78 is 0. The van der Waals surface area contributed by atoms with Crippen molar-refractivity contribution >= 4 is 12.0 Å². The zero-order valence-corrected chi connectivity index (χ0v) is 12.2. The van der Waals surface area contributed by atoms with Crippen LogP contribution in [0.15, 0.2) is 0 Å². The van der Waals surface area contributed by atoms with E-state index in [1.165, 1.54) is 12.8 Å². The van der Waals surface area contributed by atoms with Crippen LogP contribution < -0.4 is 10.6 Å². The van der Waals surface area contributed by atoms with Crippen LogP contribution in [0, 0.1) is 11.3 Å². The van der Waals surface area contributed by atoms with Gasteiger partial charge in [0.15, 0.2) is 0 Å². The lowest BCUT2D eigenvalue weighted by molar-refractivity contribution is -0.139. The van der Waals surface area contributed by atoms with Crippen molar-refractivity contribution in [1.29, 1.82) is 0 Å². The summed E-state index contributed by atoms with van der Waals surface area (Å²) in [5, 5.41) is 14.4. The molecule has 0 spiro atoms. The van der Waals surface area contributed by atoms with E-state index in [9.17, 15) is 9.59 Å². The van der Waals surface area contributed by atoms with Gasteiger partial charge in [0.1, 0.15) is 6.04 Å². The van der Waals surface area contributed by atoms with E-state index in [2.05, 4.69) is 17.6 Å². The van der Waals surface area contributed by atoms with Gasteiger partial charge in [-0.2, -0.15) is 0 Å². The van der Waals surface area contributed by atoms with Crippen molar-refractivity contribution < 1.29 is 14.7 Å². The predicted octanol–water partition coefficient (Wildman–Crippen LogP) is 2.37. The Hall–Kier alpha value is -1.26. The maximum absolute atomic E-state index is 11.8. The number of carboxylic acid groups (broad SMARTS) is 1. The largest absolute Gasteiger partial charge is 0.480 e. The number of rotatable bonds is 6. The number of amides is 2. The average Bonchev–Trinajstić information content (AvgIpc) is 2.73. The highest BCUT2D eigenvalue weighted by Crippen LogP contribution is 2.36. The second kappa shape index (κ2) is 6.78. The van der Waals surface area contributed by atoms with Gasteiger partial charge in [0.2, 0.25) is 0 Å². The molecular formula is C14H26N2O3. The summed E-state index contributed by atoms with van der Waals surface area (Å²) in [7, 11) is 0. The van der Waals surface area contributed by atoms with Crippen LogP contribution in [-0.4, -0.2) is 29.7 Å². The van der Waals surface area contributed by atoms with Crippen molar-refractivity contribution in [3.05, 3.63) is 0 Å². The zero-order chi connectivity index (χ0) is 14.5. The Balaban J connectivity index is 2.38. The monoisotopic (exact) mass is 270 g/mol. The normalized spacial score (nSPS) is 19.2. The molecule has 0 bridgehead atoms. The number of hydrogen-bond donors (Lipinski definition) is 3. The zero-order valence-electron chi connectivity index (χ0n) is 12.2. The van der Waals surface area contributed by atoms with E-state index in [0.717, 1.165) is 12.8 Å². The van der Waals surface area contributed by atoms with E-state index in [4.69, 9.17) is 5.11 Å². The Kier molecular flexibility index (Phi) is 5.63. The molecule has 0 aromatic carbocycles. The molecule has 0 aromatic heterocycles. The maximum Gasteiger partial charge on any atom is 0.326 e. The molecular weight excluding hydrogens is 244 g/mol. The summed E-state index contributed by atoms with van der Waals surface area (Å²) >= 11 is 0. The van der Waals surface area contributed by atoms with Crippen LogP contribution in [0.3, 0.4) is 0 Å². The van der Waals surface area contributed by atoms with Gasteiger partial charge in [-0.25, -0.2) is 9.59 Å². The molecule has 1 fully saturated rings. The molecule has 0 aromatic rings. The molecule has 1 aliphatic rings. The molecule has 1 saturated carbocycles. The van der Waals surface area contributed by atoms with Gasteiger partial charge in [-0.05, 0) is 30.6 Å². The van der Waals surface area contributed by atoms with Crippen molar-refractivity contribution in [3.63, 3.8) is 0 Å². The summed E-state index contributed by atoms with van der Waals surface area (Å²) in [5.74, 6) is -0.746. The first-order chi connectivity index (χ1) is 8.82. The third-order valence-electron chi connectivity index (χ3n) is 3.80. The molecule has 1 aliphatic carbocycles. The van der Waals surface area contributed by atoms with Crippen LogP contribution in [0.1, 0.15) is 52.9 Å². The van der Waals surface area contributed by atoms with Crippen LogP contribution in [0.25, 0.3) is 0 Å². The molecule has 5 nitrogen and oxygen atoms in total. The highest BCUT2D eigenvalue weighted by atomic mass is 16.4. The van der Waals surface area contributed by atoms with Gasteiger partial charge < -0.3 is 15.7 Å². The van der Waals surface area contributed by atoms with E-state index in [1.54, 1.807) is 0 Å². The van der Waals surface area contributed by atoms with Crippen molar-refractivity contribution in [1.82, 2.24) is 10.6 Å². The summed E-state index contributed by atoms with van der Waals surface area (Å²) in [5.41, 5.74) is 0.175. The fourth-order valence-electron chi connectivity index (χ4n) is 2.60. The van der Waals surface area contributed by atoms with E-state index >= 15 is 0 Å². The Morgan fingerprint density at radius 2 is 1.84 bits per heavy atom. The average molecular weight is 270 g/mol.